The number of rotatable bonds is 5. The number of hydrogen-bond acceptors (Lipinski definition) is 3. The molecule has 21 heavy (non-hydrogen) atoms. The summed E-state index contributed by atoms with van der Waals surface area (Å²) < 4.78 is 5.95. The summed E-state index contributed by atoms with van der Waals surface area (Å²) in [5.41, 5.74) is -0.988. The van der Waals surface area contributed by atoms with Crippen LogP contribution in [-0.4, -0.2) is 22.3 Å². The zero-order valence-electron chi connectivity index (χ0n) is 13.4. The van der Waals surface area contributed by atoms with Crippen molar-refractivity contribution in [2.45, 2.75) is 76.4 Å². The van der Waals surface area contributed by atoms with Gasteiger partial charge in [-0.15, -0.1) is 0 Å². The van der Waals surface area contributed by atoms with Crippen molar-refractivity contribution in [2.75, 3.05) is 0 Å². The van der Waals surface area contributed by atoms with E-state index in [1.165, 1.54) is 12.5 Å². The van der Waals surface area contributed by atoms with Crippen LogP contribution in [0.1, 0.15) is 65.2 Å². The largest absolute Gasteiger partial charge is 0.455 e. The molecule has 0 radical (unpaired) electrons. The predicted molar refractivity (Wildman–Crippen MR) is 81.7 cm³/mol. The summed E-state index contributed by atoms with van der Waals surface area (Å²) >= 11 is 0. The lowest BCUT2D eigenvalue weighted by Gasteiger charge is -2.65. The van der Waals surface area contributed by atoms with E-state index >= 15 is 0 Å². The first-order valence-corrected chi connectivity index (χ1v) is 8.48. The molecule has 1 N–H and O–H groups in total. The Balaban J connectivity index is 1.98. The molecule has 0 aliphatic heterocycles. The second-order valence-corrected chi connectivity index (χ2v) is 7.79. The number of carbonyl (C=O) groups excluding carboxylic acids is 1. The molecule has 0 aromatic rings. The molecule has 4 rings (SSSR count). The molecular formula is C18H28O3. The Morgan fingerprint density at radius 3 is 2.29 bits per heavy atom. The lowest BCUT2D eigenvalue weighted by molar-refractivity contribution is -0.241. The molecule has 0 aromatic carbocycles. The van der Waals surface area contributed by atoms with Gasteiger partial charge in [-0.25, -0.2) is 4.79 Å². The van der Waals surface area contributed by atoms with E-state index in [9.17, 15) is 9.90 Å². The number of hydrogen-bond donors (Lipinski definition) is 1. The highest BCUT2D eigenvalue weighted by Gasteiger charge is 2.64. The molecule has 0 spiro atoms. The molecule has 0 saturated heterocycles. The van der Waals surface area contributed by atoms with Crippen LogP contribution in [0.3, 0.4) is 0 Å². The quantitative estimate of drug-likeness (QED) is 0.622. The summed E-state index contributed by atoms with van der Waals surface area (Å²) in [6, 6.07) is 0. The molecule has 118 valence electrons. The molecule has 3 heteroatoms. The van der Waals surface area contributed by atoms with E-state index in [-0.39, 0.29) is 11.4 Å². The average molecular weight is 292 g/mol. The molecule has 0 amide bonds. The standard InChI is InChI=1S/C18H28O3/c1-4-15(19)21-18(5-2,6-3)16-8-13-7-14(9-16)11-17(20,10-13)12-16/h4,13-14,20H,1,5-12H2,2-3H3. The van der Waals surface area contributed by atoms with Gasteiger partial charge in [0.25, 0.3) is 0 Å². The zero-order valence-corrected chi connectivity index (χ0v) is 13.4. The Hall–Kier alpha value is -0.830. The van der Waals surface area contributed by atoms with Gasteiger partial charge in [0.15, 0.2) is 0 Å². The molecule has 4 aliphatic carbocycles. The molecule has 4 aliphatic rings. The molecular weight excluding hydrogens is 264 g/mol. The Bertz CT molecular complexity index is 435. The summed E-state index contributed by atoms with van der Waals surface area (Å²) in [6.45, 7) is 7.78. The van der Waals surface area contributed by atoms with E-state index in [0.29, 0.717) is 11.8 Å². The molecule has 4 bridgehead atoms. The maximum Gasteiger partial charge on any atom is 0.330 e. The van der Waals surface area contributed by atoms with Gasteiger partial charge in [-0.05, 0) is 63.2 Å². The monoisotopic (exact) mass is 292 g/mol. The molecule has 4 saturated carbocycles. The fourth-order valence-electron chi connectivity index (χ4n) is 6.23. The number of ether oxygens (including phenoxy) is 1. The van der Waals surface area contributed by atoms with Crippen molar-refractivity contribution in [1.82, 2.24) is 0 Å². The lowest BCUT2D eigenvalue weighted by atomic mass is 9.43. The van der Waals surface area contributed by atoms with Crippen LogP contribution in [0.4, 0.5) is 0 Å². The first kappa shape index (κ1) is 15.1. The van der Waals surface area contributed by atoms with Gasteiger partial charge in [-0.3, -0.25) is 0 Å². The summed E-state index contributed by atoms with van der Waals surface area (Å²) in [4.78, 5) is 11.9. The molecule has 2 unspecified atom stereocenters. The summed E-state index contributed by atoms with van der Waals surface area (Å²) in [6.07, 6.45) is 9.08. The average Bonchev–Trinajstić information content (AvgIpc) is 2.41. The van der Waals surface area contributed by atoms with E-state index < -0.39 is 11.2 Å². The maximum absolute atomic E-state index is 11.9. The van der Waals surface area contributed by atoms with E-state index in [4.69, 9.17) is 4.74 Å². The van der Waals surface area contributed by atoms with E-state index in [0.717, 1.165) is 44.9 Å². The van der Waals surface area contributed by atoms with E-state index in [1.54, 1.807) is 0 Å². The van der Waals surface area contributed by atoms with E-state index in [1.807, 2.05) is 0 Å². The van der Waals surface area contributed by atoms with Crippen LogP contribution < -0.4 is 0 Å². The second kappa shape index (κ2) is 4.84. The normalized spacial score (nSPS) is 41.1. The van der Waals surface area contributed by atoms with Gasteiger partial charge in [-0.2, -0.15) is 0 Å². The number of carbonyl (C=O) groups is 1. The van der Waals surface area contributed by atoms with Crippen molar-refractivity contribution < 1.29 is 14.6 Å². The Kier molecular flexibility index (Phi) is 3.47. The van der Waals surface area contributed by atoms with E-state index in [2.05, 4.69) is 20.4 Å². The summed E-state index contributed by atoms with van der Waals surface area (Å²) in [7, 11) is 0. The summed E-state index contributed by atoms with van der Waals surface area (Å²) in [5, 5.41) is 11.0. The van der Waals surface area contributed by atoms with Crippen LogP contribution in [0.15, 0.2) is 12.7 Å². The third-order valence-corrected chi connectivity index (χ3v) is 6.60. The Morgan fingerprint density at radius 1 is 1.29 bits per heavy atom. The van der Waals surface area contributed by atoms with Crippen LogP contribution in [0.5, 0.6) is 0 Å². The van der Waals surface area contributed by atoms with Gasteiger partial charge >= 0.3 is 5.97 Å². The van der Waals surface area contributed by atoms with Crippen LogP contribution in [0.2, 0.25) is 0 Å². The number of esters is 1. The molecule has 3 nitrogen and oxygen atoms in total. The van der Waals surface area contributed by atoms with Crippen LogP contribution in [0, 0.1) is 17.3 Å². The fraction of sp³-hybridized carbons (Fsp3) is 0.833. The van der Waals surface area contributed by atoms with Crippen LogP contribution in [-0.2, 0) is 9.53 Å². The highest BCUT2D eigenvalue weighted by molar-refractivity contribution is 5.81. The van der Waals surface area contributed by atoms with Crippen molar-refractivity contribution in [3.8, 4) is 0 Å². The minimum absolute atomic E-state index is 0.0337. The Labute approximate surface area is 127 Å². The highest BCUT2D eigenvalue weighted by atomic mass is 16.6. The topological polar surface area (TPSA) is 46.5 Å². The van der Waals surface area contributed by atoms with Crippen molar-refractivity contribution in [1.29, 1.82) is 0 Å². The van der Waals surface area contributed by atoms with Gasteiger partial charge in [0, 0.05) is 11.5 Å². The van der Waals surface area contributed by atoms with Crippen molar-refractivity contribution >= 4 is 5.97 Å². The Morgan fingerprint density at radius 2 is 1.86 bits per heavy atom. The van der Waals surface area contributed by atoms with Crippen molar-refractivity contribution in [2.24, 2.45) is 17.3 Å². The SMILES string of the molecule is C=CC(=O)OC(CC)(CC)C12CC3CC(CC(O)(C3)C1)C2. The lowest BCUT2D eigenvalue weighted by Crippen LogP contribution is -2.64. The first-order valence-electron chi connectivity index (χ1n) is 8.48. The molecule has 0 heterocycles. The fourth-order valence-corrected chi connectivity index (χ4v) is 6.23. The summed E-state index contributed by atoms with van der Waals surface area (Å²) in [5.74, 6) is 0.897. The molecule has 0 aromatic heterocycles. The van der Waals surface area contributed by atoms with Crippen LogP contribution in [0.25, 0.3) is 0 Å². The minimum atomic E-state index is -0.514. The molecule has 2 atom stereocenters. The van der Waals surface area contributed by atoms with Crippen molar-refractivity contribution in [3.05, 3.63) is 12.7 Å². The smallest absolute Gasteiger partial charge is 0.330 e. The maximum atomic E-state index is 11.9. The van der Waals surface area contributed by atoms with Crippen molar-refractivity contribution in [3.63, 3.8) is 0 Å². The van der Waals surface area contributed by atoms with Gasteiger partial charge < -0.3 is 9.84 Å². The predicted octanol–water partition coefficient (Wildman–Crippen LogP) is 3.61. The number of aliphatic hydroxyl groups is 1. The minimum Gasteiger partial charge on any atom is -0.455 e. The van der Waals surface area contributed by atoms with Gasteiger partial charge in [0.1, 0.15) is 5.60 Å². The van der Waals surface area contributed by atoms with Gasteiger partial charge in [-0.1, -0.05) is 20.4 Å². The highest BCUT2D eigenvalue weighted by Crippen LogP contribution is 2.66. The van der Waals surface area contributed by atoms with Gasteiger partial charge in [0.05, 0.1) is 5.60 Å². The van der Waals surface area contributed by atoms with Crippen LogP contribution >= 0.6 is 0 Å². The first-order chi connectivity index (χ1) is 9.90. The zero-order chi connectivity index (χ0) is 15.3. The second-order valence-electron chi connectivity index (χ2n) is 7.79. The third-order valence-electron chi connectivity index (χ3n) is 6.60. The molecule has 4 fully saturated rings. The third kappa shape index (κ3) is 2.16. The van der Waals surface area contributed by atoms with Gasteiger partial charge in [0.2, 0.25) is 0 Å².